The molecule has 222 valence electrons. The number of amides is 1. The number of alkyl halides is 2. The van der Waals surface area contributed by atoms with E-state index in [1.165, 1.54) is 37.5 Å². The molecule has 0 bridgehead atoms. The molecule has 2 saturated carbocycles. The molecule has 42 heavy (non-hydrogen) atoms. The van der Waals surface area contributed by atoms with Crippen molar-refractivity contribution in [3.63, 3.8) is 0 Å². The summed E-state index contributed by atoms with van der Waals surface area (Å²) in [5.41, 5.74) is 1.03. The number of ether oxygens (including phenoxy) is 2. The number of halogens is 3. The van der Waals surface area contributed by atoms with Gasteiger partial charge in [0.1, 0.15) is 0 Å². The first kappa shape index (κ1) is 30.1. The van der Waals surface area contributed by atoms with Crippen LogP contribution in [0.1, 0.15) is 67.4 Å². The van der Waals surface area contributed by atoms with Crippen molar-refractivity contribution in [2.45, 2.75) is 57.9 Å². The number of esters is 1. The molecule has 2 aromatic carbocycles. The van der Waals surface area contributed by atoms with Crippen LogP contribution in [0, 0.1) is 17.3 Å². The predicted molar refractivity (Wildman–Crippen MR) is 154 cm³/mol. The number of fused-ring (bicyclic) bond motifs is 3. The quantitative estimate of drug-likeness (QED) is 0.194. The highest BCUT2D eigenvalue weighted by Gasteiger charge is 2.50. The third-order valence-electron chi connectivity index (χ3n) is 8.67. The minimum atomic E-state index is -3.27. The maximum atomic E-state index is 15.3. The fourth-order valence-electron chi connectivity index (χ4n) is 6.00. The van der Waals surface area contributed by atoms with Crippen molar-refractivity contribution in [2.24, 2.45) is 17.3 Å². The van der Waals surface area contributed by atoms with Gasteiger partial charge in [0.2, 0.25) is 0 Å². The van der Waals surface area contributed by atoms with Gasteiger partial charge in [-0.15, -0.1) is 0 Å². The Bertz CT molecular complexity index is 1500. The lowest BCUT2D eigenvalue weighted by atomic mass is 9.75. The third-order valence-corrected chi connectivity index (χ3v) is 9.16. The summed E-state index contributed by atoms with van der Waals surface area (Å²) in [6.07, 6.45) is 4.54. The topological polar surface area (TPSA) is 98.8 Å². The Labute approximate surface area is 251 Å². The van der Waals surface area contributed by atoms with E-state index in [1.807, 2.05) is 0 Å². The number of carbonyl (C=O) groups excluding carboxylic acids is 4. The van der Waals surface area contributed by atoms with Gasteiger partial charge in [-0.2, -0.15) is 8.78 Å². The molecular formula is C32H32BrF2NO6. The van der Waals surface area contributed by atoms with Crippen molar-refractivity contribution < 1.29 is 37.4 Å². The van der Waals surface area contributed by atoms with Gasteiger partial charge in [0.05, 0.1) is 19.1 Å². The molecule has 5 rings (SSSR count). The largest absolute Gasteiger partial charge is 0.457 e. The molecule has 0 aliphatic heterocycles. The standard InChI is InChI=1S/C32H32BrF2NO6/c1-17(2)28(36-30(40)41-3)26(37)13-18-8-9-31(10-11-31)15-23(18)29(39)42-16-27(38)19-4-6-21-22-7-5-20(33)14-25(22)32(34,35)24(21)12-19/h4-7,12-14,17,23,28H,8-11,15-16H2,1-3H3,(H,36,40)/b18-13-. The number of rotatable bonds is 8. The Morgan fingerprint density at radius 3 is 2.36 bits per heavy atom. The Balaban J connectivity index is 1.30. The third kappa shape index (κ3) is 5.78. The predicted octanol–water partition coefficient (Wildman–Crippen LogP) is 6.75. The average Bonchev–Trinajstić information content (AvgIpc) is 3.68. The number of carbonyl (C=O) groups is 4. The lowest BCUT2D eigenvalue weighted by molar-refractivity contribution is -0.147. The zero-order chi connectivity index (χ0) is 30.4. The van der Waals surface area contributed by atoms with Crippen LogP contribution in [0.2, 0.25) is 0 Å². The molecule has 2 fully saturated rings. The fourth-order valence-corrected chi connectivity index (χ4v) is 6.36. The highest BCUT2D eigenvalue weighted by molar-refractivity contribution is 9.10. The molecule has 0 saturated heterocycles. The summed E-state index contributed by atoms with van der Waals surface area (Å²) in [5.74, 6) is -5.77. The van der Waals surface area contributed by atoms with Crippen LogP contribution in [0.5, 0.6) is 0 Å². The maximum absolute atomic E-state index is 15.3. The highest BCUT2D eigenvalue weighted by atomic mass is 79.9. The number of Topliss-reactive ketones (excluding diaryl/α,β-unsaturated/α-hetero) is 1. The van der Waals surface area contributed by atoms with E-state index in [-0.39, 0.29) is 33.8 Å². The van der Waals surface area contributed by atoms with Crippen LogP contribution in [-0.4, -0.2) is 43.4 Å². The van der Waals surface area contributed by atoms with E-state index in [0.717, 1.165) is 19.3 Å². The second-order valence-electron chi connectivity index (χ2n) is 11.8. The Morgan fingerprint density at radius 1 is 1.05 bits per heavy atom. The van der Waals surface area contributed by atoms with Crippen molar-refractivity contribution in [1.82, 2.24) is 5.32 Å². The van der Waals surface area contributed by atoms with Crippen LogP contribution in [0.15, 0.2) is 52.5 Å². The van der Waals surface area contributed by atoms with Gasteiger partial charge in [0, 0.05) is 21.2 Å². The molecule has 0 aromatic heterocycles. The van der Waals surface area contributed by atoms with Crippen molar-refractivity contribution in [3.8, 4) is 11.1 Å². The Morgan fingerprint density at radius 2 is 1.71 bits per heavy atom. The Hall–Kier alpha value is -3.40. The summed E-state index contributed by atoms with van der Waals surface area (Å²) in [6.45, 7) is 2.98. The molecule has 0 heterocycles. The smallest absolute Gasteiger partial charge is 0.407 e. The molecule has 1 amide bonds. The first-order valence-corrected chi connectivity index (χ1v) is 14.8. The summed E-state index contributed by atoms with van der Waals surface area (Å²) < 4.78 is 41.1. The monoisotopic (exact) mass is 643 g/mol. The fraction of sp³-hybridized carbons (Fsp3) is 0.438. The summed E-state index contributed by atoms with van der Waals surface area (Å²) in [5, 5.41) is 2.55. The van der Waals surface area contributed by atoms with E-state index >= 15 is 8.78 Å². The van der Waals surface area contributed by atoms with Gasteiger partial charge in [-0.05, 0) is 78.8 Å². The molecule has 1 spiro atoms. The summed E-state index contributed by atoms with van der Waals surface area (Å²) in [6, 6.07) is 7.98. The van der Waals surface area contributed by atoms with E-state index in [9.17, 15) is 19.2 Å². The molecular weight excluding hydrogens is 612 g/mol. The number of hydrogen-bond donors (Lipinski definition) is 1. The van der Waals surface area contributed by atoms with Crippen LogP contribution in [0.4, 0.5) is 13.6 Å². The van der Waals surface area contributed by atoms with E-state index in [2.05, 4.69) is 26.0 Å². The van der Waals surface area contributed by atoms with E-state index in [0.29, 0.717) is 34.0 Å². The van der Waals surface area contributed by atoms with Crippen molar-refractivity contribution in [2.75, 3.05) is 13.7 Å². The van der Waals surface area contributed by atoms with Crippen LogP contribution < -0.4 is 5.32 Å². The van der Waals surface area contributed by atoms with Crippen LogP contribution in [0.3, 0.4) is 0 Å². The second-order valence-corrected chi connectivity index (χ2v) is 12.7. The van der Waals surface area contributed by atoms with Gasteiger partial charge in [-0.1, -0.05) is 53.5 Å². The molecule has 1 N–H and O–H groups in total. The van der Waals surface area contributed by atoms with Gasteiger partial charge in [-0.25, -0.2) is 4.79 Å². The molecule has 2 aromatic rings. The lowest BCUT2D eigenvalue weighted by Crippen LogP contribution is -2.44. The first-order chi connectivity index (χ1) is 19.8. The number of nitrogens with one attached hydrogen (secondary N) is 1. The van der Waals surface area contributed by atoms with Gasteiger partial charge >= 0.3 is 12.1 Å². The summed E-state index contributed by atoms with van der Waals surface area (Å²) in [4.78, 5) is 51.2. The molecule has 3 aliphatic rings. The average molecular weight is 645 g/mol. The molecule has 0 radical (unpaired) electrons. The molecule has 2 atom stereocenters. The number of hydrogen-bond acceptors (Lipinski definition) is 6. The normalized spacial score (nSPS) is 20.9. The zero-order valence-electron chi connectivity index (χ0n) is 23.6. The highest BCUT2D eigenvalue weighted by Crippen LogP contribution is 2.59. The number of alkyl carbamates (subject to hydrolysis) is 1. The van der Waals surface area contributed by atoms with Gasteiger partial charge in [0.15, 0.2) is 18.2 Å². The first-order valence-electron chi connectivity index (χ1n) is 14.0. The summed E-state index contributed by atoms with van der Waals surface area (Å²) >= 11 is 3.24. The van der Waals surface area contributed by atoms with Crippen LogP contribution in [-0.2, 0) is 25.0 Å². The van der Waals surface area contributed by atoms with Gasteiger partial charge in [-0.3, -0.25) is 14.4 Å². The zero-order valence-corrected chi connectivity index (χ0v) is 25.2. The second kappa shape index (κ2) is 11.4. The van der Waals surface area contributed by atoms with Crippen molar-refractivity contribution in [1.29, 1.82) is 0 Å². The molecule has 3 aliphatic carbocycles. The van der Waals surface area contributed by atoms with Gasteiger partial charge < -0.3 is 14.8 Å². The minimum Gasteiger partial charge on any atom is -0.457 e. The molecule has 2 unspecified atom stereocenters. The maximum Gasteiger partial charge on any atom is 0.407 e. The molecule has 7 nitrogen and oxygen atoms in total. The Kier molecular flexibility index (Phi) is 8.13. The number of methoxy groups -OCH3 is 1. The number of ketones is 2. The van der Waals surface area contributed by atoms with E-state index < -0.39 is 42.3 Å². The number of benzene rings is 2. The van der Waals surface area contributed by atoms with Crippen molar-refractivity contribution in [3.05, 3.63) is 69.2 Å². The van der Waals surface area contributed by atoms with Crippen LogP contribution >= 0.6 is 15.9 Å². The van der Waals surface area contributed by atoms with Crippen molar-refractivity contribution >= 4 is 39.6 Å². The molecule has 10 heteroatoms. The van der Waals surface area contributed by atoms with E-state index in [4.69, 9.17) is 4.74 Å². The summed E-state index contributed by atoms with van der Waals surface area (Å²) in [7, 11) is 1.21. The van der Waals surface area contributed by atoms with Crippen LogP contribution in [0.25, 0.3) is 11.1 Å². The minimum absolute atomic E-state index is 0.0232. The SMILES string of the molecule is COC(=O)NC(C(=O)/C=C1/CCC2(CC2)CC1C(=O)OCC(=O)c1ccc2c(c1)C(F)(F)c1cc(Br)ccc1-2)C(C)C. The van der Waals surface area contributed by atoms with Gasteiger partial charge in [0.25, 0.3) is 5.92 Å². The lowest BCUT2D eigenvalue weighted by Gasteiger charge is -2.31. The van der Waals surface area contributed by atoms with E-state index in [1.54, 1.807) is 26.0 Å².